The average molecular weight is 320 g/mol. The first kappa shape index (κ1) is 14.1. The fraction of sp³-hybridized carbons (Fsp3) is 0.200. The van der Waals surface area contributed by atoms with Gasteiger partial charge in [0.1, 0.15) is 0 Å². The molecule has 106 valence electrons. The second kappa shape index (κ2) is 5.49. The van der Waals surface area contributed by atoms with Crippen molar-refractivity contribution in [3.63, 3.8) is 0 Å². The van der Waals surface area contributed by atoms with E-state index in [0.717, 1.165) is 11.3 Å². The smallest absolute Gasteiger partial charge is 0.339 e. The second-order valence-electron chi connectivity index (χ2n) is 4.93. The average Bonchev–Trinajstić information content (AvgIpc) is 2.87. The second-order valence-corrected chi connectivity index (χ2v) is 5.74. The van der Waals surface area contributed by atoms with E-state index in [1.165, 1.54) is 0 Å². The Kier molecular flexibility index (Phi) is 3.68. The maximum absolute atomic E-state index is 12.1. The Morgan fingerprint density at radius 2 is 2.00 bits per heavy atom. The number of rotatable bonds is 2. The van der Waals surface area contributed by atoms with E-state index < -0.39 is 0 Å². The number of hydrogen-bond acceptors (Lipinski definition) is 1. The molecule has 0 radical (unpaired) electrons. The SMILES string of the molecule is [N-]=[N+]=C1CCc2c(ccn2Cc2ccc(Cl)c(Cl)c2)C1=O. The lowest BCUT2D eigenvalue weighted by atomic mass is 9.95. The van der Waals surface area contributed by atoms with E-state index in [9.17, 15) is 4.79 Å². The molecule has 0 fully saturated rings. The highest BCUT2D eigenvalue weighted by atomic mass is 35.5. The number of ketones is 1. The molecule has 0 saturated carbocycles. The molecule has 0 aliphatic heterocycles. The van der Waals surface area contributed by atoms with Gasteiger partial charge in [0, 0.05) is 18.4 Å². The summed E-state index contributed by atoms with van der Waals surface area (Å²) < 4.78 is 2.01. The fourth-order valence-corrected chi connectivity index (χ4v) is 2.90. The van der Waals surface area contributed by atoms with E-state index in [2.05, 4.69) is 4.79 Å². The summed E-state index contributed by atoms with van der Waals surface area (Å²) in [5, 5.41) is 1.04. The van der Waals surface area contributed by atoms with Gasteiger partial charge in [0.25, 0.3) is 5.78 Å². The first-order valence-electron chi connectivity index (χ1n) is 6.47. The van der Waals surface area contributed by atoms with E-state index in [-0.39, 0.29) is 11.5 Å². The lowest BCUT2D eigenvalue weighted by molar-refractivity contribution is -0.00949. The van der Waals surface area contributed by atoms with Gasteiger partial charge in [-0.15, -0.1) is 0 Å². The number of carbonyl (C=O) groups is 1. The van der Waals surface area contributed by atoms with Gasteiger partial charge in [-0.2, -0.15) is 4.79 Å². The third kappa shape index (κ3) is 2.54. The van der Waals surface area contributed by atoms with Gasteiger partial charge in [-0.05, 0) is 30.2 Å². The molecule has 3 rings (SSSR count). The minimum Gasteiger partial charge on any atom is -0.361 e. The molecule has 4 nitrogen and oxygen atoms in total. The molecule has 0 unspecified atom stereocenters. The van der Waals surface area contributed by atoms with Crippen LogP contribution in [0.2, 0.25) is 10.0 Å². The van der Waals surface area contributed by atoms with Crippen molar-refractivity contribution in [2.75, 3.05) is 0 Å². The van der Waals surface area contributed by atoms with Gasteiger partial charge in [0.15, 0.2) is 0 Å². The lowest BCUT2D eigenvalue weighted by Gasteiger charge is -2.13. The Morgan fingerprint density at radius 3 is 2.71 bits per heavy atom. The molecule has 1 heterocycles. The highest BCUT2D eigenvalue weighted by Gasteiger charge is 2.31. The van der Waals surface area contributed by atoms with Gasteiger partial charge in [0.2, 0.25) is 0 Å². The Hall–Kier alpha value is -1.87. The maximum Gasteiger partial charge on any atom is 0.339 e. The summed E-state index contributed by atoms with van der Waals surface area (Å²) in [4.78, 5) is 15.1. The molecular formula is C15H11Cl2N3O. The van der Waals surface area contributed by atoms with Gasteiger partial charge >= 0.3 is 5.71 Å². The monoisotopic (exact) mass is 319 g/mol. The topological polar surface area (TPSA) is 58.4 Å². The molecule has 0 bridgehead atoms. The zero-order chi connectivity index (χ0) is 15.0. The van der Waals surface area contributed by atoms with Crippen LogP contribution in [-0.2, 0) is 13.0 Å². The molecule has 0 amide bonds. The minimum absolute atomic E-state index is 0.202. The lowest BCUT2D eigenvalue weighted by Crippen LogP contribution is -2.24. The third-order valence-corrected chi connectivity index (χ3v) is 4.38. The fourth-order valence-electron chi connectivity index (χ4n) is 2.57. The van der Waals surface area contributed by atoms with Crippen LogP contribution in [0.1, 0.15) is 28.0 Å². The molecule has 6 heteroatoms. The molecule has 1 aromatic carbocycles. The van der Waals surface area contributed by atoms with Crippen LogP contribution in [0.15, 0.2) is 30.5 Å². The predicted octanol–water partition coefficient (Wildman–Crippen LogP) is 3.64. The summed E-state index contributed by atoms with van der Waals surface area (Å²) >= 11 is 11.9. The number of aromatic nitrogens is 1. The van der Waals surface area contributed by atoms with Crippen molar-refractivity contribution in [1.82, 2.24) is 4.57 Å². The predicted molar refractivity (Wildman–Crippen MR) is 81.3 cm³/mol. The van der Waals surface area contributed by atoms with Crippen LogP contribution in [0.4, 0.5) is 0 Å². The standard InChI is InChI=1S/C15H11Cl2N3O/c16-11-2-1-9(7-12(11)17)8-20-6-5-10-14(20)4-3-13(19-18)15(10)21/h1-2,5-7H,3-4,8H2. The molecule has 0 saturated heterocycles. The first-order valence-corrected chi connectivity index (χ1v) is 7.23. The molecular weight excluding hydrogens is 309 g/mol. The van der Waals surface area contributed by atoms with Gasteiger partial charge in [-0.25, -0.2) is 0 Å². The number of fused-ring (bicyclic) bond motifs is 1. The van der Waals surface area contributed by atoms with E-state index in [0.29, 0.717) is 35.0 Å². The van der Waals surface area contributed by atoms with Gasteiger partial charge in [0.05, 0.1) is 22.0 Å². The Bertz CT molecular complexity index is 788. The first-order chi connectivity index (χ1) is 10.1. The minimum atomic E-state index is -0.202. The summed E-state index contributed by atoms with van der Waals surface area (Å²) in [6.07, 6.45) is 2.99. The van der Waals surface area contributed by atoms with Crippen LogP contribution in [0.5, 0.6) is 0 Å². The van der Waals surface area contributed by atoms with Crippen LogP contribution in [0.25, 0.3) is 5.53 Å². The molecule has 0 spiro atoms. The number of benzene rings is 1. The Balaban J connectivity index is 1.93. The quantitative estimate of drug-likeness (QED) is 0.615. The van der Waals surface area contributed by atoms with Gasteiger partial charge in [-0.1, -0.05) is 29.3 Å². The Morgan fingerprint density at radius 1 is 1.19 bits per heavy atom. The van der Waals surface area contributed by atoms with Crippen molar-refractivity contribution in [2.24, 2.45) is 0 Å². The highest BCUT2D eigenvalue weighted by molar-refractivity contribution is 6.45. The summed E-state index contributed by atoms with van der Waals surface area (Å²) in [5.41, 5.74) is 11.6. The van der Waals surface area contributed by atoms with Crippen LogP contribution in [-0.4, -0.2) is 20.9 Å². The van der Waals surface area contributed by atoms with Crippen LogP contribution in [0, 0.1) is 0 Å². The Labute approximate surface area is 131 Å². The largest absolute Gasteiger partial charge is 0.361 e. The summed E-state index contributed by atoms with van der Waals surface area (Å²) in [5.74, 6) is -0.202. The van der Waals surface area contributed by atoms with Crippen molar-refractivity contribution in [3.05, 3.63) is 62.9 Å². The summed E-state index contributed by atoms with van der Waals surface area (Å²) in [6, 6.07) is 7.25. The van der Waals surface area contributed by atoms with E-state index >= 15 is 0 Å². The molecule has 21 heavy (non-hydrogen) atoms. The van der Waals surface area contributed by atoms with Crippen molar-refractivity contribution >= 4 is 34.7 Å². The molecule has 0 atom stereocenters. The van der Waals surface area contributed by atoms with Crippen molar-refractivity contribution < 1.29 is 9.58 Å². The molecule has 2 aromatic rings. The van der Waals surface area contributed by atoms with Crippen LogP contribution in [0.3, 0.4) is 0 Å². The van der Waals surface area contributed by atoms with Crippen molar-refractivity contribution in [1.29, 1.82) is 0 Å². The number of hydrogen-bond donors (Lipinski definition) is 0. The van der Waals surface area contributed by atoms with Crippen LogP contribution < -0.4 is 0 Å². The van der Waals surface area contributed by atoms with Gasteiger partial charge in [-0.3, -0.25) is 4.79 Å². The summed E-state index contributed by atoms with van der Waals surface area (Å²) in [7, 11) is 0. The van der Waals surface area contributed by atoms with Gasteiger partial charge < -0.3 is 10.1 Å². The zero-order valence-corrected chi connectivity index (χ0v) is 12.5. The van der Waals surface area contributed by atoms with Crippen LogP contribution >= 0.6 is 23.2 Å². The molecule has 1 aliphatic rings. The normalized spacial score (nSPS) is 14.0. The highest BCUT2D eigenvalue weighted by Crippen LogP contribution is 2.25. The molecule has 1 aliphatic carbocycles. The molecule has 0 N–H and O–H groups in total. The summed E-state index contributed by atoms with van der Waals surface area (Å²) in [6.45, 7) is 0.616. The van der Waals surface area contributed by atoms with Crippen molar-refractivity contribution in [2.45, 2.75) is 19.4 Å². The van der Waals surface area contributed by atoms with Crippen molar-refractivity contribution in [3.8, 4) is 0 Å². The number of Topliss-reactive ketones (excluding diaryl/α,β-unsaturated/α-hetero) is 1. The molecule has 1 aromatic heterocycles. The maximum atomic E-state index is 12.1. The zero-order valence-electron chi connectivity index (χ0n) is 11.0. The third-order valence-electron chi connectivity index (χ3n) is 3.64. The van der Waals surface area contributed by atoms with E-state index in [1.807, 2.05) is 22.9 Å². The number of nitrogens with zero attached hydrogens (tertiary/aromatic N) is 3. The number of halogens is 2. The van der Waals surface area contributed by atoms with E-state index in [4.69, 9.17) is 28.7 Å². The number of carbonyl (C=O) groups excluding carboxylic acids is 1. The van der Waals surface area contributed by atoms with E-state index in [1.54, 1.807) is 12.1 Å².